The number of hydrogen-bond acceptors (Lipinski definition) is 5. The predicted octanol–water partition coefficient (Wildman–Crippen LogP) is 1.71. The third kappa shape index (κ3) is 5.02. The molecular weight excluding hydrogens is 268 g/mol. The quantitative estimate of drug-likeness (QED) is 0.829. The van der Waals surface area contributed by atoms with Gasteiger partial charge in [0.15, 0.2) is 5.79 Å². The summed E-state index contributed by atoms with van der Waals surface area (Å²) < 4.78 is 11.0. The van der Waals surface area contributed by atoms with Gasteiger partial charge in [-0.3, -0.25) is 0 Å². The number of hydrogen-bond donors (Lipinski definition) is 2. The Morgan fingerprint density at radius 1 is 1.33 bits per heavy atom. The van der Waals surface area contributed by atoms with E-state index in [0.717, 1.165) is 12.8 Å². The average molecular weight is 292 g/mol. The Kier molecular flexibility index (Phi) is 5.20. The zero-order valence-electron chi connectivity index (χ0n) is 12.9. The summed E-state index contributed by atoms with van der Waals surface area (Å²) in [4.78, 5) is 4.34. The molecule has 2 rings (SSSR count). The van der Waals surface area contributed by atoms with E-state index in [9.17, 15) is 5.11 Å². The standard InChI is InChI=1S/C16H24N2O3/c1-16(2,19)21-14-9-10-17-15(20-3)18-13(14)11-12-7-5-4-6-8-12/h4-8,13-14,19H,9-11H2,1-3H3,(H,17,18). The third-order valence-corrected chi connectivity index (χ3v) is 3.36. The van der Waals surface area contributed by atoms with Crippen molar-refractivity contribution >= 4 is 6.02 Å². The zero-order chi connectivity index (χ0) is 15.3. The first-order chi connectivity index (χ1) is 9.98. The normalized spacial score (nSPS) is 23.0. The number of nitrogens with one attached hydrogen (secondary N) is 1. The van der Waals surface area contributed by atoms with Crippen LogP contribution in [0.2, 0.25) is 0 Å². The van der Waals surface area contributed by atoms with E-state index in [2.05, 4.69) is 22.4 Å². The molecule has 1 aliphatic heterocycles. The number of ether oxygens (including phenoxy) is 2. The molecule has 0 spiro atoms. The fourth-order valence-corrected chi connectivity index (χ4v) is 2.48. The maximum atomic E-state index is 9.95. The number of rotatable bonds is 4. The molecule has 0 radical (unpaired) electrons. The minimum Gasteiger partial charge on any atom is -0.469 e. The second-order valence-electron chi connectivity index (χ2n) is 5.72. The molecule has 5 nitrogen and oxygen atoms in total. The molecule has 116 valence electrons. The molecule has 1 heterocycles. The van der Waals surface area contributed by atoms with Crippen molar-refractivity contribution in [2.75, 3.05) is 13.7 Å². The Bertz CT molecular complexity index is 468. The van der Waals surface area contributed by atoms with Crippen LogP contribution in [0.1, 0.15) is 25.8 Å². The number of methoxy groups -OCH3 is 1. The Hall–Kier alpha value is -1.59. The van der Waals surface area contributed by atoms with Gasteiger partial charge in [-0.2, -0.15) is 0 Å². The minimum absolute atomic E-state index is 0.0000231. The van der Waals surface area contributed by atoms with Gasteiger partial charge in [0.2, 0.25) is 0 Å². The second-order valence-corrected chi connectivity index (χ2v) is 5.72. The van der Waals surface area contributed by atoms with E-state index < -0.39 is 5.79 Å². The van der Waals surface area contributed by atoms with E-state index in [1.54, 1.807) is 21.0 Å². The first-order valence-corrected chi connectivity index (χ1v) is 7.27. The minimum atomic E-state index is -1.17. The molecule has 0 amide bonds. The van der Waals surface area contributed by atoms with Crippen LogP contribution in [-0.4, -0.2) is 42.7 Å². The summed E-state index contributed by atoms with van der Waals surface area (Å²) in [5.74, 6) is -1.17. The summed E-state index contributed by atoms with van der Waals surface area (Å²) in [6.45, 7) is 3.91. The highest BCUT2D eigenvalue weighted by Gasteiger charge is 2.30. The molecule has 5 heteroatoms. The molecule has 21 heavy (non-hydrogen) atoms. The Morgan fingerprint density at radius 2 is 2.05 bits per heavy atom. The van der Waals surface area contributed by atoms with Crippen LogP contribution >= 0.6 is 0 Å². The monoisotopic (exact) mass is 292 g/mol. The van der Waals surface area contributed by atoms with Crippen molar-refractivity contribution in [1.29, 1.82) is 0 Å². The molecule has 0 saturated carbocycles. The topological polar surface area (TPSA) is 63.1 Å². The van der Waals surface area contributed by atoms with E-state index in [4.69, 9.17) is 9.47 Å². The number of benzene rings is 1. The van der Waals surface area contributed by atoms with E-state index in [-0.39, 0.29) is 12.1 Å². The van der Waals surface area contributed by atoms with Crippen LogP contribution in [0.4, 0.5) is 0 Å². The molecule has 2 atom stereocenters. The Labute approximate surface area is 126 Å². The van der Waals surface area contributed by atoms with E-state index in [1.165, 1.54) is 5.56 Å². The molecule has 0 aromatic heterocycles. The van der Waals surface area contributed by atoms with Gasteiger partial charge in [0, 0.05) is 6.54 Å². The predicted molar refractivity (Wildman–Crippen MR) is 82.2 cm³/mol. The third-order valence-electron chi connectivity index (χ3n) is 3.36. The largest absolute Gasteiger partial charge is 0.469 e. The summed E-state index contributed by atoms with van der Waals surface area (Å²) in [6, 6.07) is 10.7. The molecule has 2 unspecified atom stereocenters. The molecule has 1 aromatic carbocycles. The van der Waals surface area contributed by atoms with Gasteiger partial charge in [-0.15, -0.1) is 0 Å². The average Bonchev–Trinajstić information content (AvgIpc) is 2.61. The maximum absolute atomic E-state index is 9.95. The fraction of sp³-hybridized carbons (Fsp3) is 0.562. The molecular formula is C16H24N2O3. The van der Waals surface area contributed by atoms with Gasteiger partial charge in [0.1, 0.15) is 0 Å². The van der Waals surface area contributed by atoms with Crippen molar-refractivity contribution in [3.63, 3.8) is 0 Å². The summed E-state index contributed by atoms with van der Waals surface area (Å²) >= 11 is 0. The van der Waals surface area contributed by atoms with Gasteiger partial charge in [0.25, 0.3) is 6.02 Å². The molecule has 0 bridgehead atoms. The SMILES string of the molecule is COC1=NCCC(OC(C)(C)O)C(Cc2ccccc2)N1. The van der Waals surface area contributed by atoms with Crippen molar-refractivity contribution in [3.05, 3.63) is 35.9 Å². The number of aliphatic hydroxyl groups is 1. The van der Waals surface area contributed by atoms with Crippen LogP contribution < -0.4 is 5.32 Å². The Balaban J connectivity index is 2.14. The van der Waals surface area contributed by atoms with Crippen LogP contribution in [0.25, 0.3) is 0 Å². The lowest BCUT2D eigenvalue weighted by Gasteiger charge is -2.31. The van der Waals surface area contributed by atoms with Crippen LogP contribution in [0.5, 0.6) is 0 Å². The van der Waals surface area contributed by atoms with Crippen molar-refractivity contribution in [2.24, 2.45) is 4.99 Å². The molecule has 0 aliphatic carbocycles. The first kappa shape index (κ1) is 15.8. The number of amidine groups is 1. The van der Waals surface area contributed by atoms with Crippen molar-refractivity contribution in [2.45, 2.75) is 44.6 Å². The van der Waals surface area contributed by atoms with E-state index in [0.29, 0.717) is 12.6 Å². The van der Waals surface area contributed by atoms with Crippen LogP contribution in [0.3, 0.4) is 0 Å². The van der Waals surface area contributed by atoms with Crippen LogP contribution in [-0.2, 0) is 15.9 Å². The fourth-order valence-electron chi connectivity index (χ4n) is 2.48. The molecule has 1 aromatic rings. The highest BCUT2D eigenvalue weighted by atomic mass is 16.6. The second kappa shape index (κ2) is 6.91. The van der Waals surface area contributed by atoms with Gasteiger partial charge >= 0.3 is 0 Å². The lowest BCUT2D eigenvalue weighted by atomic mass is 9.99. The lowest BCUT2D eigenvalue weighted by molar-refractivity contribution is -0.211. The summed E-state index contributed by atoms with van der Waals surface area (Å²) in [7, 11) is 1.60. The first-order valence-electron chi connectivity index (χ1n) is 7.27. The smallest absolute Gasteiger partial charge is 0.284 e. The summed E-state index contributed by atoms with van der Waals surface area (Å²) in [6.07, 6.45) is 1.38. The number of nitrogens with zero attached hydrogens (tertiary/aromatic N) is 1. The van der Waals surface area contributed by atoms with Crippen molar-refractivity contribution in [1.82, 2.24) is 5.32 Å². The van der Waals surface area contributed by atoms with E-state index >= 15 is 0 Å². The summed E-state index contributed by atoms with van der Waals surface area (Å²) in [5, 5.41) is 13.2. The lowest BCUT2D eigenvalue weighted by Crippen LogP contribution is -2.48. The highest BCUT2D eigenvalue weighted by Crippen LogP contribution is 2.19. The van der Waals surface area contributed by atoms with Gasteiger partial charge in [-0.1, -0.05) is 30.3 Å². The highest BCUT2D eigenvalue weighted by molar-refractivity contribution is 5.74. The Morgan fingerprint density at radius 3 is 2.67 bits per heavy atom. The molecule has 2 N–H and O–H groups in total. The van der Waals surface area contributed by atoms with Gasteiger partial charge < -0.3 is 19.9 Å². The van der Waals surface area contributed by atoms with E-state index in [1.807, 2.05) is 18.2 Å². The number of aliphatic imine (C=N–C) groups is 1. The molecule has 1 aliphatic rings. The van der Waals surface area contributed by atoms with Crippen LogP contribution in [0.15, 0.2) is 35.3 Å². The van der Waals surface area contributed by atoms with Gasteiger partial charge in [-0.05, 0) is 32.3 Å². The van der Waals surface area contributed by atoms with Gasteiger partial charge in [0.05, 0.1) is 19.3 Å². The van der Waals surface area contributed by atoms with Crippen molar-refractivity contribution < 1.29 is 14.6 Å². The molecule has 0 saturated heterocycles. The zero-order valence-corrected chi connectivity index (χ0v) is 12.9. The van der Waals surface area contributed by atoms with Crippen molar-refractivity contribution in [3.8, 4) is 0 Å². The summed E-state index contributed by atoms with van der Waals surface area (Å²) in [5.41, 5.74) is 1.21. The van der Waals surface area contributed by atoms with Crippen LogP contribution in [0, 0.1) is 0 Å². The maximum Gasteiger partial charge on any atom is 0.284 e. The molecule has 0 fully saturated rings. The van der Waals surface area contributed by atoms with Gasteiger partial charge in [-0.25, -0.2) is 4.99 Å².